The molecule has 1 aliphatic heterocycles. The highest BCUT2D eigenvalue weighted by atomic mass is 31.2. The first kappa shape index (κ1) is 12.0. The topological polar surface area (TPSA) is 94.9 Å². The Labute approximate surface area is 97.0 Å². The third kappa shape index (κ3) is 1.80. The van der Waals surface area contributed by atoms with Crippen LogP contribution in [0.4, 0.5) is 0 Å². The monoisotopic (exact) mass is 255 g/mol. The van der Waals surface area contributed by atoms with Gasteiger partial charge in [-0.15, -0.1) is 0 Å². The van der Waals surface area contributed by atoms with Gasteiger partial charge in [0.1, 0.15) is 5.78 Å². The molecule has 1 heterocycles. The highest BCUT2D eigenvalue weighted by Gasteiger charge is 2.44. The Bertz CT molecular complexity index is 514. The minimum Gasteiger partial charge on any atom is -0.323 e. The van der Waals surface area contributed by atoms with Crippen LogP contribution < -0.4 is 0 Å². The maximum absolute atomic E-state index is 11.9. The molecule has 0 saturated carbocycles. The zero-order valence-electron chi connectivity index (χ0n) is 8.90. The van der Waals surface area contributed by atoms with Crippen LogP contribution in [-0.2, 0) is 4.57 Å². The van der Waals surface area contributed by atoms with E-state index in [-0.39, 0.29) is 11.1 Å². The zero-order chi connectivity index (χ0) is 12.8. The third-order valence-electron chi connectivity index (χ3n) is 2.69. The molecule has 2 N–H and O–H groups in total. The van der Waals surface area contributed by atoms with Gasteiger partial charge in [0.05, 0.1) is 11.1 Å². The van der Waals surface area contributed by atoms with Gasteiger partial charge in [-0.05, 0) is 19.1 Å². The molecule has 1 aliphatic rings. The number of hydrogen-bond acceptors (Lipinski definition) is 3. The number of hydrogen-bond donors (Lipinski definition) is 2. The van der Waals surface area contributed by atoms with E-state index in [2.05, 4.69) is 0 Å². The van der Waals surface area contributed by atoms with Crippen LogP contribution in [0.3, 0.4) is 0 Å². The van der Waals surface area contributed by atoms with Crippen molar-refractivity contribution in [3.05, 3.63) is 35.4 Å². The van der Waals surface area contributed by atoms with Crippen molar-refractivity contribution in [3.63, 3.8) is 0 Å². The van der Waals surface area contributed by atoms with E-state index in [1.54, 1.807) is 12.1 Å². The largest absolute Gasteiger partial charge is 0.348 e. The summed E-state index contributed by atoms with van der Waals surface area (Å²) in [4.78, 5) is 42.4. The molecule has 0 aliphatic carbocycles. The summed E-state index contributed by atoms with van der Waals surface area (Å²) in [5.74, 6) is -2.78. The molecule has 2 amide bonds. The van der Waals surface area contributed by atoms with Gasteiger partial charge < -0.3 is 9.79 Å². The number of carbonyl (C=O) groups is 2. The van der Waals surface area contributed by atoms with Gasteiger partial charge in [-0.1, -0.05) is 12.1 Å². The minimum atomic E-state index is -4.52. The van der Waals surface area contributed by atoms with E-state index < -0.39 is 25.2 Å². The Morgan fingerprint density at radius 2 is 1.53 bits per heavy atom. The van der Waals surface area contributed by atoms with Crippen LogP contribution in [0.5, 0.6) is 0 Å². The van der Waals surface area contributed by atoms with Crippen molar-refractivity contribution in [2.24, 2.45) is 0 Å². The number of benzene rings is 1. The van der Waals surface area contributed by atoms with Gasteiger partial charge in [0.2, 0.25) is 0 Å². The van der Waals surface area contributed by atoms with E-state index in [0.29, 0.717) is 4.90 Å². The first-order valence-corrected chi connectivity index (χ1v) is 6.54. The molecule has 0 bridgehead atoms. The minimum absolute atomic E-state index is 0.179. The molecule has 0 unspecified atom stereocenters. The number of rotatable bonds is 2. The second kappa shape index (κ2) is 3.77. The molecule has 0 radical (unpaired) electrons. The molecule has 6 nitrogen and oxygen atoms in total. The summed E-state index contributed by atoms with van der Waals surface area (Å²) in [6.07, 6.45) is 0. The fourth-order valence-electron chi connectivity index (χ4n) is 1.70. The molecule has 0 aromatic heterocycles. The van der Waals surface area contributed by atoms with Crippen molar-refractivity contribution >= 4 is 19.4 Å². The lowest BCUT2D eigenvalue weighted by Crippen LogP contribution is -2.37. The van der Waals surface area contributed by atoms with E-state index in [1.165, 1.54) is 12.1 Å². The number of imide groups is 1. The van der Waals surface area contributed by atoms with Crippen molar-refractivity contribution < 1.29 is 23.9 Å². The first-order valence-electron chi connectivity index (χ1n) is 4.86. The second-order valence-corrected chi connectivity index (χ2v) is 5.67. The van der Waals surface area contributed by atoms with E-state index in [0.717, 1.165) is 6.92 Å². The van der Waals surface area contributed by atoms with Crippen molar-refractivity contribution in [2.45, 2.75) is 12.7 Å². The predicted molar refractivity (Wildman–Crippen MR) is 58.4 cm³/mol. The second-order valence-electron chi connectivity index (χ2n) is 3.75. The van der Waals surface area contributed by atoms with Crippen molar-refractivity contribution in [2.75, 3.05) is 0 Å². The average molecular weight is 255 g/mol. The highest BCUT2D eigenvalue weighted by molar-refractivity contribution is 7.52. The van der Waals surface area contributed by atoms with E-state index in [9.17, 15) is 14.2 Å². The van der Waals surface area contributed by atoms with Crippen LogP contribution in [0, 0.1) is 0 Å². The Hall–Kier alpha value is -1.49. The Balaban J connectivity index is 2.47. The van der Waals surface area contributed by atoms with Gasteiger partial charge in [-0.3, -0.25) is 19.1 Å². The quantitative estimate of drug-likeness (QED) is 0.602. The lowest BCUT2D eigenvalue weighted by atomic mass is 10.1. The van der Waals surface area contributed by atoms with Gasteiger partial charge in [-0.2, -0.15) is 0 Å². The van der Waals surface area contributed by atoms with Crippen LogP contribution >= 0.6 is 7.60 Å². The molecule has 2 rings (SSSR count). The van der Waals surface area contributed by atoms with Gasteiger partial charge in [0.15, 0.2) is 0 Å². The summed E-state index contributed by atoms with van der Waals surface area (Å²) in [5.41, 5.74) is 0.357. The van der Waals surface area contributed by atoms with E-state index in [4.69, 9.17) is 9.79 Å². The number of carbonyl (C=O) groups excluding carboxylic acids is 2. The Morgan fingerprint density at radius 3 is 1.88 bits per heavy atom. The van der Waals surface area contributed by atoms with Crippen LogP contribution in [0.15, 0.2) is 24.3 Å². The fourth-order valence-corrected chi connectivity index (χ4v) is 2.21. The summed E-state index contributed by atoms with van der Waals surface area (Å²) in [5, 5.41) is 0. The number of nitrogens with zero attached hydrogens (tertiary/aromatic N) is 1. The summed E-state index contributed by atoms with van der Waals surface area (Å²) < 4.78 is 11.1. The summed E-state index contributed by atoms with van der Waals surface area (Å²) >= 11 is 0. The third-order valence-corrected chi connectivity index (χ3v) is 3.89. The summed E-state index contributed by atoms with van der Waals surface area (Å²) in [7, 11) is -4.52. The molecule has 17 heavy (non-hydrogen) atoms. The number of fused-ring (bicyclic) bond motifs is 1. The van der Waals surface area contributed by atoms with Crippen molar-refractivity contribution in [1.29, 1.82) is 0 Å². The molecule has 90 valence electrons. The molecule has 1 aromatic rings. The van der Waals surface area contributed by atoms with Crippen LogP contribution in [0.25, 0.3) is 0 Å². The lowest BCUT2D eigenvalue weighted by molar-refractivity contribution is 0.0624. The van der Waals surface area contributed by atoms with E-state index >= 15 is 0 Å². The van der Waals surface area contributed by atoms with Gasteiger partial charge in [0, 0.05) is 0 Å². The van der Waals surface area contributed by atoms with Gasteiger partial charge in [-0.25, -0.2) is 0 Å². The van der Waals surface area contributed by atoms with Gasteiger partial charge in [0.25, 0.3) is 11.8 Å². The normalized spacial score (nSPS) is 17.2. The van der Waals surface area contributed by atoms with Crippen molar-refractivity contribution in [3.8, 4) is 0 Å². The maximum Gasteiger partial charge on any atom is 0.348 e. The molecule has 1 atom stereocenters. The molecule has 7 heteroatoms. The van der Waals surface area contributed by atoms with Crippen LogP contribution in [0.2, 0.25) is 0 Å². The highest BCUT2D eigenvalue weighted by Crippen LogP contribution is 2.44. The molecular formula is C10H10NO5P. The molecule has 1 aromatic carbocycles. The lowest BCUT2D eigenvalue weighted by Gasteiger charge is -2.22. The first-order chi connectivity index (χ1) is 7.84. The number of amides is 2. The molecule has 0 spiro atoms. The molecular weight excluding hydrogens is 245 g/mol. The zero-order valence-corrected chi connectivity index (χ0v) is 9.79. The van der Waals surface area contributed by atoms with Gasteiger partial charge >= 0.3 is 7.60 Å². The van der Waals surface area contributed by atoms with Crippen LogP contribution in [-0.4, -0.2) is 32.3 Å². The SMILES string of the molecule is C[C@H](N1C(=O)c2ccccc2C1=O)P(=O)(O)O. The Morgan fingerprint density at radius 1 is 1.12 bits per heavy atom. The summed E-state index contributed by atoms with van der Waals surface area (Å²) in [6.45, 7) is 1.16. The standard InChI is InChI=1S/C10H10NO5P/c1-6(17(14,15)16)11-9(12)7-4-2-3-5-8(7)10(11)13/h2-6H,1H3,(H2,14,15,16)/t6-/m1/s1. The average Bonchev–Trinajstić information content (AvgIpc) is 2.51. The van der Waals surface area contributed by atoms with Crippen molar-refractivity contribution in [1.82, 2.24) is 4.90 Å². The van der Waals surface area contributed by atoms with Crippen LogP contribution in [0.1, 0.15) is 27.6 Å². The molecule has 0 saturated heterocycles. The molecule has 0 fully saturated rings. The van der Waals surface area contributed by atoms with E-state index in [1.807, 2.05) is 0 Å². The fraction of sp³-hybridized carbons (Fsp3) is 0.200. The smallest absolute Gasteiger partial charge is 0.323 e. The predicted octanol–water partition coefficient (Wildman–Crippen LogP) is 0.806. The summed E-state index contributed by atoms with van der Waals surface area (Å²) in [6, 6.07) is 6.11. The maximum atomic E-state index is 11.9. The Kier molecular flexibility index (Phi) is 2.66.